The van der Waals surface area contributed by atoms with Crippen molar-refractivity contribution in [3.63, 3.8) is 0 Å². The maximum atomic E-state index is 10.8. The van der Waals surface area contributed by atoms with Crippen molar-refractivity contribution >= 4 is 21.5 Å². The molecule has 0 aromatic heterocycles. The normalized spacial score (nSPS) is 12.0. The number of hydrogen-bond acceptors (Lipinski definition) is 1. The zero-order valence-electron chi connectivity index (χ0n) is 14.0. The molecule has 0 aliphatic rings. The summed E-state index contributed by atoms with van der Waals surface area (Å²) >= 11 is 0. The third-order valence-electron chi connectivity index (χ3n) is 4.65. The lowest BCUT2D eigenvalue weighted by Crippen LogP contribution is -2.17. The van der Waals surface area contributed by atoms with Crippen LogP contribution in [-0.2, 0) is 5.60 Å². The van der Waals surface area contributed by atoms with Gasteiger partial charge in [-0.2, -0.15) is 0 Å². The second kappa shape index (κ2) is 5.47. The maximum absolute atomic E-state index is 10.8. The number of benzene rings is 4. The van der Waals surface area contributed by atoms with E-state index >= 15 is 0 Å². The van der Waals surface area contributed by atoms with Gasteiger partial charge in [-0.1, -0.05) is 78.9 Å². The van der Waals surface area contributed by atoms with E-state index in [2.05, 4.69) is 78.9 Å². The van der Waals surface area contributed by atoms with Crippen LogP contribution in [0.5, 0.6) is 0 Å². The fraction of sp³-hybridized carbons (Fsp3) is 0.130. The predicted molar refractivity (Wildman–Crippen MR) is 102 cm³/mol. The fourth-order valence-electron chi connectivity index (χ4n) is 3.51. The second-order valence-electron chi connectivity index (χ2n) is 6.79. The quantitative estimate of drug-likeness (QED) is 0.489. The van der Waals surface area contributed by atoms with Gasteiger partial charge in [0.25, 0.3) is 0 Å². The maximum Gasteiger partial charge on any atom is 0.0846 e. The molecule has 0 aliphatic heterocycles. The zero-order valence-corrected chi connectivity index (χ0v) is 14.0. The first-order valence-electron chi connectivity index (χ1n) is 8.28. The van der Waals surface area contributed by atoms with E-state index in [1.165, 1.54) is 27.1 Å². The molecule has 0 heterocycles. The number of rotatable bonds is 2. The fourth-order valence-corrected chi connectivity index (χ4v) is 3.51. The number of hydrogen-bond donors (Lipinski definition) is 1. The Hall–Kier alpha value is -2.64. The van der Waals surface area contributed by atoms with E-state index in [1.807, 2.05) is 13.8 Å². The molecule has 0 unspecified atom stereocenters. The summed E-state index contributed by atoms with van der Waals surface area (Å²) in [5.41, 5.74) is 2.34. The molecule has 0 spiro atoms. The van der Waals surface area contributed by atoms with Gasteiger partial charge in [0.1, 0.15) is 0 Å². The lowest BCUT2D eigenvalue weighted by molar-refractivity contribution is 0.0793. The molecular weight excluding hydrogens is 292 g/mol. The highest BCUT2D eigenvalue weighted by atomic mass is 16.3. The van der Waals surface area contributed by atoms with Crippen molar-refractivity contribution in [2.45, 2.75) is 19.4 Å². The third kappa shape index (κ3) is 2.38. The van der Waals surface area contributed by atoms with Crippen LogP contribution in [0, 0.1) is 0 Å². The predicted octanol–water partition coefficient (Wildman–Crippen LogP) is 5.89. The van der Waals surface area contributed by atoms with Gasteiger partial charge in [-0.05, 0) is 52.1 Å². The Balaban J connectivity index is 2.18. The highest BCUT2D eigenvalue weighted by Crippen LogP contribution is 2.40. The van der Waals surface area contributed by atoms with Gasteiger partial charge >= 0.3 is 0 Å². The summed E-state index contributed by atoms with van der Waals surface area (Å²) in [5, 5.41) is 15.5. The van der Waals surface area contributed by atoms with E-state index < -0.39 is 5.60 Å². The Morgan fingerprint density at radius 1 is 0.625 bits per heavy atom. The smallest absolute Gasteiger partial charge is 0.0846 e. The molecule has 0 atom stereocenters. The largest absolute Gasteiger partial charge is 0.386 e. The molecule has 1 heteroatoms. The standard InChI is InChI=1S/C23H20O/c1-23(2,24)21-15-14-17-9-4-6-12-19(17)22(21)20-13-7-10-16-8-3-5-11-18(16)20/h3-15,24H,1-2H3. The first kappa shape index (κ1) is 14.9. The average molecular weight is 312 g/mol. The van der Waals surface area contributed by atoms with Crippen LogP contribution < -0.4 is 0 Å². The second-order valence-corrected chi connectivity index (χ2v) is 6.79. The van der Waals surface area contributed by atoms with Gasteiger partial charge in [0.2, 0.25) is 0 Å². The summed E-state index contributed by atoms with van der Waals surface area (Å²) in [6.07, 6.45) is 0. The van der Waals surface area contributed by atoms with Crippen molar-refractivity contribution in [3.8, 4) is 11.1 Å². The van der Waals surface area contributed by atoms with Gasteiger partial charge in [0, 0.05) is 0 Å². The minimum atomic E-state index is -0.906. The van der Waals surface area contributed by atoms with Crippen LogP contribution in [0.2, 0.25) is 0 Å². The Bertz CT molecular complexity index is 1030. The molecule has 118 valence electrons. The third-order valence-corrected chi connectivity index (χ3v) is 4.65. The minimum Gasteiger partial charge on any atom is -0.386 e. The lowest BCUT2D eigenvalue weighted by Gasteiger charge is -2.24. The van der Waals surface area contributed by atoms with E-state index in [-0.39, 0.29) is 0 Å². The average Bonchev–Trinajstić information content (AvgIpc) is 2.59. The van der Waals surface area contributed by atoms with Crippen LogP contribution in [0.25, 0.3) is 32.7 Å². The van der Waals surface area contributed by atoms with Gasteiger partial charge in [-0.15, -0.1) is 0 Å². The number of fused-ring (bicyclic) bond motifs is 2. The molecule has 0 radical (unpaired) electrons. The molecule has 0 bridgehead atoms. The molecule has 1 N–H and O–H groups in total. The Kier molecular flexibility index (Phi) is 3.40. The van der Waals surface area contributed by atoms with Crippen LogP contribution in [0.3, 0.4) is 0 Å². The topological polar surface area (TPSA) is 20.2 Å². The molecule has 0 fully saturated rings. The SMILES string of the molecule is CC(C)(O)c1ccc2ccccc2c1-c1cccc2ccccc12. The van der Waals surface area contributed by atoms with Gasteiger partial charge in [-0.3, -0.25) is 0 Å². The van der Waals surface area contributed by atoms with Gasteiger partial charge in [0.05, 0.1) is 5.60 Å². The van der Waals surface area contributed by atoms with Crippen LogP contribution in [0.1, 0.15) is 19.4 Å². The van der Waals surface area contributed by atoms with E-state index in [9.17, 15) is 5.11 Å². The summed E-state index contributed by atoms with van der Waals surface area (Å²) in [7, 11) is 0. The monoisotopic (exact) mass is 312 g/mol. The Labute approximate surface area is 142 Å². The van der Waals surface area contributed by atoms with Crippen molar-refractivity contribution in [1.82, 2.24) is 0 Å². The van der Waals surface area contributed by atoms with E-state index in [1.54, 1.807) is 0 Å². The van der Waals surface area contributed by atoms with Gasteiger partial charge in [0.15, 0.2) is 0 Å². The van der Waals surface area contributed by atoms with Crippen molar-refractivity contribution in [1.29, 1.82) is 0 Å². The van der Waals surface area contributed by atoms with Crippen molar-refractivity contribution in [2.75, 3.05) is 0 Å². The molecule has 0 aliphatic carbocycles. The summed E-state index contributed by atoms with van der Waals surface area (Å²) in [6.45, 7) is 3.71. The van der Waals surface area contributed by atoms with Crippen LogP contribution in [0.4, 0.5) is 0 Å². The van der Waals surface area contributed by atoms with Gasteiger partial charge in [-0.25, -0.2) is 0 Å². The first-order chi connectivity index (χ1) is 11.6. The molecule has 4 rings (SSSR count). The Morgan fingerprint density at radius 3 is 1.92 bits per heavy atom. The summed E-state index contributed by atoms with van der Waals surface area (Å²) in [5.74, 6) is 0. The first-order valence-corrected chi connectivity index (χ1v) is 8.28. The summed E-state index contributed by atoms with van der Waals surface area (Å²) in [4.78, 5) is 0. The minimum absolute atomic E-state index is 0.906. The van der Waals surface area contributed by atoms with E-state index in [0.717, 1.165) is 11.1 Å². The Morgan fingerprint density at radius 2 is 1.21 bits per heavy atom. The van der Waals surface area contributed by atoms with E-state index in [4.69, 9.17) is 0 Å². The van der Waals surface area contributed by atoms with Crippen LogP contribution >= 0.6 is 0 Å². The molecule has 24 heavy (non-hydrogen) atoms. The highest BCUT2D eigenvalue weighted by molar-refractivity contribution is 6.06. The number of aliphatic hydroxyl groups is 1. The van der Waals surface area contributed by atoms with Crippen molar-refractivity contribution in [3.05, 3.63) is 84.4 Å². The lowest BCUT2D eigenvalue weighted by atomic mass is 9.84. The zero-order chi connectivity index (χ0) is 16.7. The highest BCUT2D eigenvalue weighted by Gasteiger charge is 2.23. The molecule has 4 aromatic rings. The van der Waals surface area contributed by atoms with E-state index in [0.29, 0.717) is 0 Å². The summed E-state index contributed by atoms with van der Waals surface area (Å²) in [6, 6.07) is 27.3. The molecule has 0 saturated heterocycles. The summed E-state index contributed by atoms with van der Waals surface area (Å²) < 4.78 is 0. The molecular formula is C23H20O. The van der Waals surface area contributed by atoms with Crippen LogP contribution in [0.15, 0.2) is 78.9 Å². The molecule has 4 aromatic carbocycles. The van der Waals surface area contributed by atoms with Crippen LogP contribution in [-0.4, -0.2) is 5.11 Å². The molecule has 1 nitrogen and oxygen atoms in total. The molecule has 0 amide bonds. The molecule has 0 saturated carbocycles. The van der Waals surface area contributed by atoms with Crippen molar-refractivity contribution < 1.29 is 5.11 Å². The van der Waals surface area contributed by atoms with Gasteiger partial charge < -0.3 is 5.11 Å². The van der Waals surface area contributed by atoms with Crippen molar-refractivity contribution in [2.24, 2.45) is 0 Å².